The number of carbonyl (C=O) groups excluding carboxylic acids is 1. The molecule has 120 heavy (non-hydrogen) atoms. The number of carbonyl (C=O) groups is 1. The first kappa shape index (κ1) is 93.4. The fraction of sp³-hybridized carbons (Fsp3) is 0.761. The molecule has 0 N–H and O–H groups in total. The lowest BCUT2D eigenvalue weighted by Gasteiger charge is -2.40. The number of Topliss-reactive ketones (excluding diaryl/α,β-unsaturated/α-hetero) is 1. The Kier molecular flexibility index (Phi) is 37.0. The topological polar surface area (TPSA) is 211 Å². The Balaban J connectivity index is 0.000000157. The highest BCUT2D eigenvalue weighted by atomic mass is 32.2. The number of sulfone groups is 1. The molecular weight excluding hydrogens is 1540 g/mol. The zero-order valence-electron chi connectivity index (χ0n) is 73.9. The SMILES string of the molecule is C[C@H]1CCCN1CCCN1CCN(CCCN2CCC[C@@H]2C)C1=C(C#N)S(=O)(=O)c1ccccc1.[C-]#[N+]/C(C#N)=C1\N(CCCN2CCC(=O)CC2)CCN1C1CCN(C(C)C)CC1.[C-]#[N+]/C(C#N)=C1\N(CCCN2CCCCC2)CCN1C1CCN(C2CC2)CC1.[C-]#[N+]/C(C#N)=C1\N(CCCN2CCSCC2)CCN1C1CCN(C(C)C)CC1. The lowest BCUT2D eigenvalue weighted by molar-refractivity contribution is -0.121. The number of benzene rings is 1. The molecule has 12 aliphatic heterocycles. The number of likely N-dealkylation sites (tertiary alicyclic amines) is 7. The molecule has 1 aliphatic carbocycles. The molecule has 1 aromatic rings. The summed E-state index contributed by atoms with van der Waals surface area (Å²) < 4.78 is 27.1. The van der Waals surface area contributed by atoms with E-state index in [2.05, 4.69) is 159 Å². The second-order valence-electron chi connectivity index (χ2n) is 36.1. The molecule has 1 aromatic carbocycles. The molecule has 0 aromatic heterocycles. The zero-order valence-corrected chi connectivity index (χ0v) is 75.6. The van der Waals surface area contributed by atoms with Crippen LogP contribution in [0.5, 0.6) is 0 Å². The number of rotatable bonds is 28. The number of ketones is 1. The summed E-state index contributed by atoms with van der Waals surface area (Å²) in [5, 5.41) is 38.8. The third kappa shape index (κ3) is 25.7. The molecule has 26 nitrogen and oxygen atoms in total. The van der Waals surface area contributed by atoms with Crippen LogP contribution in [0.2, 0.25) is 0 Å². The molecule has 13 fully saturated rings. The summed E-state index contributed by atoms with van der Waals surface area (Å²) in [6.45, 7) is 68.5. The Bertz CT molecular complexity index is 3790. The Morgan fingerprint density at radius 3 is 1.13 bits per heavy atom. The molecular formula is C92H143N23O3S2. The molecule has 13 aliphatic rings. The number of hydrogen-bond donors (Lipinski definition) is 0. The third-order valence-corrected chi connectivity index (χ3v) is 30.5. The summed E-state index contributed by atoms with van der Waals surface area (Å²) in [5.41, 5.74) is 0.801. The van der Waals surface area contributed by atoms with Gasteiger partial charge in [0, 0.05) is 236 Å². The van der Waals surface area contributed by atoms with Gasteiger partial charge in [0.05, 0.1) is 42.8 Å². The lowest BCUT2D eigenvalue weighted by Crippen LogP contribution is -2.46. The van der Waals surface area contributed by atoms with Gasteiger partial charge in [-0.15, -0.1) is 0 Å². The molecule has 12 saturated heterocycles. The van der Waals surface area contributed by atoms with Crippen molar-refractivity contribution in [2.45, 2.75) is 236 Å². The smallest absolute Gasteiger partial charge is 0.300 e. The summed E-state index contributed by atoms with van der Waals surface area (Å²) in [6, 6.07) is 21.6. The monoisotopic (exact) mass is 1680 g/mol. The van der Waals surface area contributed by atoms with E-state index < -0.39 is 9.84 Å². The highest BCUT2D eigenvalue weighted by Gasteiger charge is 2.42. The average Bonchev–Trinajstić information content (AvgIpc) is 1.50. The van der Waals surface area contributed by atoms with Gasteiger partial charge in [-0.3, -0.25) is 4.79 Å². The molecule has 1 saturated carbocycles. The predicted molar refractivity (Wildman–Crippen MR) is 477 cm³/mol. The fourth-order valence-corrected chi connectivity index (χ4v) is 23.0. The quantitative estimate of drug-likeness (QED) is 0.0564. The van der Waals surface area contributed by atoms with Crippen molar-refractivity contribution in [3.63, 3.8) is 0 Å². The second kappa shape index (κ2) is 47.5. The molecule has 0 amide bonds. The van der Waals surface area contributed by atoms with Crippen LogP contribution in [0.25, 0.3) is 14.5 Å². The second-order valence-corrected chi connectivity index (χ2v) is 39.2. The predicted octanol–water partition coefficient (Wildman–Crippen LogP) is 10.9. The minimum absolute atomic E-state index is 0.106. The zero-order chi connectivity index (χ0) is 84.9. The van der Waals surface area contributed by atoms with Gasteiger partial charge in [-0.05, 0) is 221 Å². The number of thioether (sulfide) groups is 1. The highest BCUT2D eigenvalue weighted by molar-refractivity contribution is 7.99. The van der Waals surface area contributed by atoms with Gasteiger partial charge in [-0.1, -0.05) is 24.6 Å². The van der Waals surface area contributed by atoms with E-state index in [4.69, 9.17) is 19.7 Å². The van der Waals surface area contributed by atoms with E-state index in [1.807, 2.05) is 11.8 Å². The van der Waals surface area contributed by atoms with Crippen molar-refractivity contribution >= 4 is 27.4 Å². The van der Waals surface area contributed by atoms with Gasteiger partial charge in [-0.25, -0.2) is 38.7 Å². The van der Waals surface area contributed by atoms with Gasteiger partial charge < -0.3 is 78.4 Å². The standard InChI is InChI=1S/C27H41N5O2S.C22H34N6O.C22H34N6.C21H34N6S/c1-23-10-6-14-29(23)16-8-18-31-20-21-32(19-9-17-30-15-7-11-24(30)2)27(31)26(22-28)35(33,34)25-12-4-3-5-13-25;1-18(2)26-13-5-19(6-14-26)28-16-15-27(22(28)21(17-23)24-3)10-4-9-25-11-7-20(29)8-12-25;1-24-21(18-23)22-27(13-5-12-25-10-3-2-4-11-25)16-17-28(22)20-8-14-26(15-9-20)19-6-7-19;1-18(2)25-9-5-19(6-10-25)27-12-11-26(21(27)20(17-22)23-3)8-4-7-24-13-15-28-16-14-24/h3-5,12-13,23-24H,6-11,14-21H2,1-2H3;18-19H,4-16H2,1-2H3;19-20H,2-17H2;18-19H,4-16H2,1-2H3/b;2*22-21+;21-20+/t23-,24-;;;/m0.../s1. The van der Waals surface area contributed by atoms with Crippen LogP contribution < -0.4 is 0 Å². The number of allylic oxidation sites excluding steroid dienone is 4. The van der Waals surface area contributed by atoms with Crippen LogP contribution in [-0.4, -0.2) is 362 Å². The van der Waals surface area contributed by atoms with E-state index in [1.54, 1.807) is 30.3 Å². The van der Waals surface area contributed by atoms with E-state index in [0.29, 0.717) is 72.4 Å². The largest absolute Gasteiger partial charge is 0.365 e. The number of nitriles is 4. The van der Waals surface area contributed by atoms with Gasteiger partial charge >= 0.3 is 17.1 Å². The minimum atomic E-state index is -3.88. The number of nitrogens with zero attached hydrogens (tertiary/aromatic N) is 23. The number of piperidine rings is 5. The maximum Gasteiger partial charge on any atom is 0.300 e. The van der Waals surface area contributed by atoms with Crippen LogP contribution in [0.1, 0.15) is 183 Å². The number of hydrogen-bond acceptors (Lipinski definition) is 24. The van der Waals surface area contributed by atoms with Crippen molar-refractivity contribution in [3.05, 3.63) is 110 Å². The van der Waals surface area contributed by atoms with Gasteiger partial charge in [-0.2, -0.15) is 17.0 Å². The normalized spacial score (nSPS) is 24.8. The first-order valence-corrected chi connectivity index (χ1v) is 49.0. The molecule has 14 rings (SSSR count). The molecule has 0 spiro atoms. The van der Waals surface area contributed by atoms with E-state index in [9.17, 15) is 34.3 Å². The summed E-state index contributed by atoms with van der Waals surface area (Å²) >= 11 is 2.05. The summed E-state index contributed by atoms with van der Waals surface area (Å²) in [6.07, 6.45) is 25.1. The maximum absolute atomic E-state index is 13.5. The van der Waals surface area contributed by atoms with Crippen molar-refractivity contribution in [3.8, 4) is 24.3 Å². The van der Waals surface area contributed by atoms with Crippen LogP contribution in [0.4, 0.5) is 0 Å². The van der Waals surface area contributed by atoms with Crippen LogP contribution in [0.3, 0.4) is 0 Å². The molecule has 0 radical (unpaired) electrons. The van der Waals surface area contributed by atoms with Gasteiger partial charge in [0.25, 0.3) is 0 Å². The molecule has 656 valence electrons. The van der Waals surface area contributed by atoms with Crippen molar-refractivity contribution in [2.75, 3.05) is 221 Å². The molecule has 0 unspecified atom stereocenters. The Hall–Kier alpha value is -7.34. The van der Waals surface area contributed by atoms with Crippen molar-refractivity contribution in [1.82, 2.24) is 78.4 Å². The highest BCUT2D eigenvalue weighted by Crippen LogP contribution is 2.37. The molecule has 28 heteroatoms. The van der Waals surface area contributed by atoms with Crippen LogP contribution >= 0.6 is 11.8 Å². The first-order valence-electron chi connectivity index (χ1n) is 46.4. The fourth-order valence-electron chi connectivity index (χ4n) is 20.6. The average molecular weight is 1680 g/mol. The van der Waals surface area contributed by atoms with Crippen LogP contribution in [-0.2, 0) is 14.6 Å². The van der Waals surface area contributed by atoms with E-state index >= 15 is 0 Å². The van der Waals surface area contributed by atoms with Crippen molar-refractivity contribution in [2.24, 2.45) is 0 Å². The van der Waals surface area contributed by atoms with E-state index in [0.717, 1.165) is 251 Å². The molecule has 0 bridgehead atoms. The third-order valence-electron chi connectivity index (χ3n) is 27.8. The van der Waals surface area contributed by atoms with Crippen molar-refractivity contribution in [1.29, 1.82) is 21.0 Å². The molecule has 12 heterocycles. The van der Waals surface area contributed by atoms with Gasteiger partial charge in [0.2, 0.25) is 9.84 Å². The molecule has 2 atom stereocenters. The van der Waals surface area contributed by atoms with E-state index in [-0.39, 0.29) is 21.2 Å². The van der Waals surface area contributed by atoms with Crippen LogP contribution in [0, 0.1) is 65.0 Å². The van der Waals surface area contributed by atoms with Crippen molar-refractivity contribution < 1.29 is 13.2 Å². The Morgan fingerprint density at radius 1 is 0.408 bits per heavy atom. The van der Waals surface area contributed by atoms with E-state index in [1.165, 1.54) is 121 Å². The van der Waals surface area contributed by atoms with Gasteiger partial charge in [0.15, 0.2) is 4.91 Å². The van der Waals surface area contributed by atoms with Gasteiger partial charge in [0.1, 0.15) is 35.1 Å². The summed E-state index contributed by atoms with van der Waals surface area (Å²) in [7, 11) is -3.88. The first-order chi connectivity index (χ1) is 58.4. The maximum atomic E-state index is 13.5. The Morgan fingerprint density at radius 2 is 0.775 bits per heavy atom. The summed E-state index contributed by atoms with van der Waals surface area (Å²) in [5.74, 6) is 6.18. The summed E-state index contributed by atoms with van der Waals surface area (Å²) in [4.78, 5) is 60.8. The minimum Gasteiger partial charge on any atom is -0.365 e. The Labute approximate surface area is 726 Å². The van der Waals surface area contributed by atoms with Crippen LogP contribution in [0.15, 0.2) is 80.5 Å². The lowest BCUT2D eigenvalue weighted by atomic mass is 10.0.